The van der Waals surface area contributed by atoms with E-state index in [4.69, 9.17) is 4.74 Å². The Kier molecular flexibility index (Phi) is 7.49. The van der Waals surface area contributed by atoms with Gasteiger partial charge in [-0.25, -0.2) is 0 Å². The Balaban J connectivity index is 1.96. The van der Waals surface area contributed by atoms with E-state index in [1.165, 1.54) is 4.80 Å². The maximum absolute atomic E-state index is 12.5. The summed E-state index contributed by atoms with van der Waals surface area (Å²) in [5.74, 6) is 0.445. The molecule has 1 aromatic heterocycles. The number of amides is 1. The number of nitrogens with one attached hydrogen (secondary N) is 2. The minimum absolute atomic E-state index is 0.0410. The number of carbonyl (C=O) groups is 1. The van der Waals surface area contributed by atoms with Gasteiger partial charge < -0.3 is 15.4 Å². The molecule has 0 saturated heterocycles. The van der Waals surface area contributed by atoms with Gasteiger partial charge in [-0.05, 0) is 11.1 Å². The molecule has 0 aliphatic heterocycles. The molecule has 0 fully saturated rings. The number of hydrogen-bond donors (Lipinski definition) is 2. The molecule has 0 radical (unpaired) electrons. The number of ether oxygens (including phenoxy) is 1. The maximum atomic E-state index is 12.5. The van der Waals surface area contributed by atoms with Crippen LogP contribution in [-0.2, 0) is 9.53 Å². The van der Waals surface area contributed by atoms with E-state index in [0.29, 0.717) is 25.5 Å². The number of nitrogens with zero attached hydrogens (tertiary/aromatic N) is 4. The van der Waals surface area contributed by atoms with Gasteiger partial charge in [0.2, 0.25) is 11.7 Å². The van der Waals surface area contributed by atoms with Crippen LogP contribution in [0, 0.1) is 5.92 Å². The lowest BCUT2D eigenvalue weighted by molar-refractivity contribution is -0.126. The van der Waals surface area contributed by atoms with E-state index in [2.05, 4.69) is 26.0 Å². The Morgan fingerprint density at radius 2 is 1.96 bits per heavy atom. The van der Waals surface area contributed by atoms with Crippen molar-refractivity contribution in [2.45, 2.75) is 19.9 Å². The molecular formula is C17H26N6O2. The van der Waals surface area contributed by atoms with Gasteiger partial charge in [0.05, 0.1) is 6.61 Å². The van der Waals surface area contributed by atoms with Gasteiger partial charge in [-0.1, -0.05) is 44.2 Å². The Hall–Kier alpha value is -2.32. The molecule has 2 aromatic rings. The summed E-state index contributed by atoms with van der Waals surface area (Å²) in [6, 6.07) is 9.09. The molecule has 0 spiro atoms. The van der Waals surface area contributed by atoms with Crippen molar-refractivity contribution in [3.63, 3.8) is 0 Å². The van der Waals surface area contributed by atoms with Crippen LogP contribution in [0.5, 0.6) is 0 Å². The molecule has 1 aromatic carbocycles. The van der Waals surface area contributed by atoms with Crippen LogP contribution in [0.2, 0.25) is 0 Å². The lowest BCUT2D eigenvalue weighted by atomic mass is 10.0. The predicted octanol–water partition coefficient (Wildman–Crippen LogP) is 0.889. The molecule has 0 aliphatic rings. The molecule has 1 atom stereocenters. The summed E-state index contributed by atoms with van der Waals surface area (Å²) in [6.45, 7) is 6.55. The van der Waals surface area contributed by atoms with Gasteiger partial charge >= 0.3 is 0 Å². The van der Waals surface area contributed by atoms with Crippen LogP contribution in [0.1, 0.15) is 19.9 Å². The van der Waals surface area contributed by atoms with E-state index in [1.807, 2.05) is 44.2 Å². The second kappa shape index (κ2) is 9.85. The third-order valence-electron chi connectivity index (χ3n) is 3.69. The highest BCUT2D eigenvalue weighted by Crippen LogP contribution is 2.18. The summed E-state index contributed by atoms with van der Waals surface area (Å²) < 4.78 is 4.96. The molecule has 25 heavy (non-hydrogen) atoms. The summed E-state index contributed by atoms with van der Waals surface area (Å²) in [5.41, 5.74) is 0.874. The number of hydrogen-bond acceptors (Lipinski definition) is 6. The Labute approximate surface area is 147 Å². The summed E-state index contributed by atoms with van der Waals surface area (Å²) in [7, 11) is 1.66. The normalized spacial score (nSPS) is 12.3. The Morgan fingerprint density at radius 3 is 2.64 bits per heavy atom. The highest BCUT2D eigenvalue weighted by molar-refractivity contribution is 5.80. The van der Waals surface area contributed by atoms with Crippen LogP contribution in [0.4, 0.5) is 0 Å². The largest absolute Gasteiger partial charge is 0.383 e. The van der Waals surface area contributed by atoms with E-state index in [-0.39, 0.29) is 11.8 Å². The molecular weight excluding hydrogens is 320 g/mol. The van der Waals surface area contributed by atoms with E-state index >= 15 is 0 Å². The first-order chi connectivity index (χ1) is 12.1. The van der Waals surface area contributed by atoms with Gasteiger partial charge in [0.25, 0.3) is 0 Å². The minimum atomic E-state index is -0.496. The second-order valence-corrected chi connectivity index (χ2v) is 6.02. The van der Waals surface area contributed by atoms with Crippen molar-refractivity contribution in [1.29, 1.82) is 0 Å². The van der Waals surface area contributed by atoms with Crippen molar-refractivity contribution in [2.24, 2.45) is 5.92 Å². The third-order valence-corrected chi connectivity index (χ3v) is 3.69. The van der Waals surface area contributed by atoms with Gasteiger partial charge in [0, 0.05) is 32.3 Å². The zero-order chi connectivity index (χ0) is 18.1. The zero-order valence-corrected chi connectivity index (χ0v) is 15.0. The van der Waals surface area contributed by atoms with Crippen molar-refractivity contribution in [3.05, 3.63) is 30.3 Å². The van der Waals surface area contributed by atoms with Crippen molar-refractivity contribution < 1.29 is 9.53 Å². The quantitative estimate of drug-likeness (QED) is 0.621. The number of methoxy groups -OCH3 is 1. The van der Waals surface area contributed by atoms with E-state index in [1.54, 1.807) is 7.11 Å². The SMILES string of the molecule is COCCNCCNC(=O)C(C(C)C)n1nnc(-c2ccccc2)n1. The van der Waals surface area contributed by atoms with Crippen molar-refractivity contribution >= 4 is 5.91 Å². The molecule has 0 aliphatic carbocycles. The first-order valence-corrected chi connectivity index (χ1v) is 8.45. The fraction of sp³-hybridized carbons (Fsp3) is 0.529. The average Bonchev–Trinajstić information content (AvgIpc) is 3.08. The molecule has 0 saturated carbocycles. The maximum Gasteiger partial charge on any atom is 0.247 e. The molecule has 2 rings (SSSR count). The molecule has 2 N–H and O–H groups in total. The standard InChI is InChI=1S/C17H26N6O2/c1-13(2)15(17(24)19-10-9-18-11-12-25-3)23-21-16(20-22-23)14-7-5-4-6-8-14/h4-8,13,15,18H,9-12H2,1-3H3,(H,19,24). The van der Waals surface area contributed by atoms with Gasteiger partial charge in [0.15, 0.2) is 6.04 Å². The summed E-state index contributed by atoms with van der Waals surface area (Å²) in [4.78, 5) is 13.9. The topological polar surface area (TPSA) is 94.0 Å². The average molecular weight is 346 g/mol. The van der Waals surface area contributed by atoms with Crippen molar-refractivity contribution in [1.82, 2.24) is 30.8 Å². The first kappa shape index (κ1) is 19.0. The summed E-state index contributed by atoms with van der Waals surface area (Å²) in [6.07, 6.45) is 0. The first-order valence-electron chi connectivity index (χ1n) is 8.45. The lowest BCUT2D eigenvalue weighted by Gasteiger charge is -2.18. The number of benzene rings is 1. The fourth-order valence-corrected chi connectivity index (χ4v) is 2.40. The van der Waals surface area contributed by atoms with Gasteiger partial charge in [0.1, 0.15) is 0 Å². The molecule has 1 amide bonds. The smallest absolute Gasteiger partial charge is 0.247 e. The Morgan fingerprint density at radius 1 is 1.20 bits per heavy atom. The van der Waals surface area contributed by atoms with Crippen LogP contribution >= 0.6 is 0 Å². The highest BCUT2D eigenvalue weighted by Gasteiger charge is 2.26. The van der Waals surface area contributed by atoms with Gasteiger partial charge in [-0.2, -0.15) is 4.80 Å². The van der Waals surface area contributed by atoms with Gasteiger partial charge in [-0.15, -0.1) is 10.2 Å². The molecule has 1 unspecified atom stereocenters. The fourth-order valence-electron chi connectivity index (χ4n) is 2.40. The number of aromatic nitrogens is 4. The molecule has 0 bridgehead atoms. The summed E-state index contributed by atoms with van der Waals surface area (Å²) >= 11 is 0. The van der Waals surface area contributed by atoms with Crippen molar-refractivity contribution in [3.8, 4) is 11.4 Å². The monoisotopic (exact) mass is 346 g/mol. The van der Waals surface area contributed by atoms with E-state index in [9.17, 15) is 4.79 Å². The third kappa shape index (κ3) is 5.61. The number of carbonyl (C=O) groups excluding carboxylic acids is 1. The van der Waals surface area contributed by atoms with Crippen LogP contribution < -0.4 is 10.6 Å². The highest BCUT2D eigenvalue weighted by atomic mass is 16.5. The van der Waals surface area contributed by atoms with Crippen LogP contribution in [0.3, 0.4) is 0 Å². The second-order valence-electron chi connectivity index (χ2n) is 6.02. The van der Waals surface area contributed by atoms with Crippen molar-refractivity contribution in [2.75, 3.05) is 33.4 Å². The number of rotatable bonds is 10. The zero-order valence-electron chi connectivity index (χ0n) is 15.0. The van der Waals surface area contributed by atoms with Crippen LogP contribution in [0.25, 0.3) is 11.4 Å². The van der Waals surface area contributed by atoms with Crippen LogP contribution in [0.15, 0.2) is 30.3 Å². The molecule has 136 valence electrons. The number of tetrazole rings is 1. The molecule has 8 heteroatoms. The predicted molar refractivity (Wildman–Crippen MR) is 94.9 cm³/mol. The lowest BCUT2D eigenvalue weighted by Crippen LogP contribution is -2.40. The van der Waals surface area contributed by atoms with Gasteiger partial charge in [-0.3, -0.25) is 4.79 Å². The van der Waals surface area contributed by atoms with E-state index in [0.717, 1.165) is 12.1 Å². The molecule has 8 nitrogen and oxygen atoms in total. The minimum Gasteiger partial charge on any atom is -0.383 e. The van der Waals surface area contributed by atoms with Crippen LogP contribution in [-0.4, -0.2) is 59.5 Å². The summed E-state index contributed by atoms with van der Waals surface area (Å²) in [5, 5.41) is 18.7. The molecule has 1 heterocycles. The Bertz CT molecular complexity index is 644. The van der Waals surface area contributed by atoms with E-state index < -0.39 is 6.04 Å².